The zero-order valence-corrected chi connectivity index (χ0v) is 20.9. The van der Waals surface area contributed by atoms with Crippen molar-refractivity contribution in [3.8, 4) is 0 Å². The molecule has 0 amide bonds. The van der Waals surface area contributed by atoms with E-state index >= 15 is 0 Å². The Kier molecular flexibility index (Phi) is 9.38. The largest absolute Gasteiger partial charge is 0.462 e. The van der Waals surface area contributed by atoms with Crippen molar-refractivity contribution >= 4 is 32.0 Å². The summed E-state index contributed by atoms with van der Waals surface area (Å²) in [6.45, 7) is 5.21. The van der Waals surface area contributed by atoms with E-state index in [0.29, 0.717) is 11.8 Å². The van der Waals surface area contributed by atoms with Gasteiger partial charge in [0.15, 0.2) is 12.4 Å². The van der Waals surface area contributed by atoms with Gasteiger partial charge in [0.05, 0.1) is 31.1 Å². The Morgan fingerprint density at radius 3 is 1.46 bits per heavy atom. The van der Waals surface area contributed by atoms with Crippen molar-refractivity contribution in [3.05, 3.63) is 106 Å². The Morgan fingerprint density at radius 1 is 0.676 bits per heavy atom. The van der Waals surface area contributed by atoms with Gasteiger partial charge in [-0.3, -0.25) is 4.79 Å². The third-order valence-corrected chi connectivity index (χ3v) is 5.63. The van der Waals surface area contributed by atoms with E-state index < -0.39 is 42.5 Å². The zero-order chi connectivity index (χ0) is 26.9. The molecule has 3 aromatic rings. The molecular weight excluding hydrogens is 471 g/mol. The van der Waals surface area contributed by atoms with Crippen LogP contribution in [0.1, 0.15) is 47.8 Å². The summed E-state index contributed by atoms with van der Waals surface area (Å²) in [6.07, 6.45) is -2.64. The number of rotatable bonds is 10. The molecular formula is C29H27BO7. The fourth-order valence-corrected chi connectivity index (χ4v) is 3.37. The van der Waals surface area contributed by atoms with Gasteiger partial charge in [0.2, 0.25) is 0 Å². The second-order valence-electron chi connectivity index (χ2n) is 8.74. The van der Waals surface area contributed by atoms with Crippen LogP contribution in [0.3, 0.4) is 0 Å². The lowest BCUT2D eigenvalue weighted by molar-refractivity contribution is -0.122. The van der Waals surface area contributed by atoms with Gasteiger partial charge in [-0.15, -0.1) is 0 Å². The third-order valence-electron chi connectivity index (χ3n) is 5.63. The lowest BCUT2D eigenvalue weighted by Gasteiger charge is -2.28. The van der Waals surface area contributed by atoms with Crippen LogP contribution in [0, 0.1) is 20.8 Å². The predicted octanol–water partition coefficient (Wildman–Crippen LogP) is 4.38. The van der Waals surface area contributed by atoms with E-state index in [0.717, 1.165) is 16.7 Å². The summed E-state index contributed by atoms with van der Waals surface area (Å²) in [5.74, 6) is -3.39. The molecule has 0 spiro atoms. The van der Waals surface area contributed by atoms with Crippen LogP contribution < -0.4 is 0 Å². The topological polar surface area (TPSA) is 96.0 Å². The number of carbonyl (C=O) groups excluding carboxylic acids is 4. The minimum atomic E-state index is -1.55. The van der Waals surface area contributed by atoms with Crippen LogP contribution in [0.15, 0.2) is 72.8 Å². The summed E-state index contributed by atoms with van der Waals surface area (Å²) in [5.41, 5.74) is 3.58. The van der Waals surface area contributed by atoms with Crippen LogP contribution >= 0.6 is 0 Å². The number of carbonyl (C=O) groups is 4. The van der Waals surface area contributed by atoms with Gasteiger partial charge in [-0.2, -0.15) is 0 Å². The van der Waals surface area contributed by atoms with E-state index in [1.165, 1.54) is 0 Å². The molecule has 7 nitrogen and oxygen atoms in total. The third kappa shape index (κ3) is 7.64. The summed E-state index contributed by atoms with van der Waals surface area (Å²) >= 11 is 0. The molecule has 0 N–H and O–H groups in total. The minimum Gasteiger partial charge on any atom is -0.462 e. The molecule has 3 rings (SSSR count). The number of aryl methyl sites for hydroxylation is 3. The standard InChI is InChI=1S/C29H27BO7/c1-18-4-10-21(11-5-18)27(32)35-17-24(30)26(37-29(34)23-14-8-20(3)9-15-23)25(16-31)36-28(33)22-12-6-19(2)7-13-22/h4-16,24-26H,17H2,1-3H3/t24-,25-,26+/m1/s1. The second kappa shape index (κ2) is 12.7. The Hall–Kier alpha value is -4.20. The van der Waals surface area contributed by atoms with E-state index in [9.17, 15) is 19.2 Å². The van der Waals surface area contributed by atoms with Crippen LogP contribution in [0.4, 0.5) is 0 Å². The first-order valence-corrected chi connectivity index (χ1v) is 11.7. The van der Waals surface area contributed by atoms with Crippen LogP contribution in [0.5, 0.6) is 0 Å². The number of hydrogen-bond donors (Lipinski definition) is 0. The van der Waals surface area contributed by atoms with Crippen molar-refractivity contribution in [1.82, 2.24) is 0 Å². The maximum absolute atomic E-state index is 12.8. The van der Waals surface area contributed by atoms with E-state index in [1.807, 2.05) is 20.8 Å². The number of ether oxygens (including phenoxy) is 3. The molecule has 0 aliphatic rings. The lowest BCUT2D eigenvalue weighted by Crippen LogP contribution is -2.41. The fraction of sp³-hybridized carbons (Fsp3) is 0.241. The van der Waals surface area contributed by atoms with E-state index in [4.69, 9.17) is 22.1 Å². The molecule has 0 saturated carbocycles. The van der Waals surface area contributed by atoms with Crippen molar-refractivity contribution in [3.63, 3.8) is 0 Å². The first-order chi connectivity index (χ1) is 17.7. The van der Waals surface area contributed by atoms with Gasteiger partial charge >= 0.3 is 17.9 Å². The van der Waals surface area contributed by atoms with Crippen molar-refractivity contribution < 1.29 is 33.4 Å². The van der Waals surface area contributed by atoms with Crippen molar-refractivity contribution in [1.29, 1.82) is 0 Å². The quantitative estimate of drug-likeness (QED) is 0.177. The highest BCUT2D eigenvalue weighted by Gasteiger charge is 2.34. The predicted molar refractivity (Wildman–Crippen MR) is 138 cm³/mol. The summed E-state index contributed by atoms with van der Waals surface area (Å²) in [5, 5.41) is 0. The van der Waals surface area contributed by atoms with Crippen LogP contribution in [0.2, 0.25) is 5.82 Å². The number of aldehydes is 1. The molecule has 0 fully saturated rings. The molecule has 2 radical (unpaired) electrons. The van der Waals surface area contributed by atoms with E-state index in [1.54, 1.807) is 72.8 Å². The molecule has 0 heterocycles. The molecule has 0 unspecified atom stereocenters. The second-order valence-corrected chi connectivity index (χ2v) is 8.74. The number of hydrogen-bond acceptors (Lipinski definition) is 7. The molecule has 0 aliphatic heterocycles. The summed E-state index contributed by atoms with van der Waals surface area (Å²) in [4.78, 5) is 50.0. The van der Waals surface area contributed by atoms with Gasteiger partial charge in [-0.1, -0.05) is 53.1 Å². The number of benzene rings is 3. The normalized spacial score (nSPS) is 13.1. The Morgan fingerprint density at radius 2 is 1.05 bits per heavy atom. The van der Waals surface area contributed by atoms with Gasteiger partial charge in [0.1, 0.15) is 6.10 Å². The van der Waals surface area contributed by atoms with Crippen LogP contribution in [-0.2, 0) is 19.0 Å². The smallest absolute Gasteiger partial charge is 0.338 e. The minimum absolute atomic E-state index is 0.209. The average molecular weight is 498 g/mol. The van der Waals surface area contributed by atoms with Gasteiger partial charge in [-0.25, -0.2) is 14.4 Å². The molecule has 0 aromatic heterocycles. The SMILES string of the molecule is [B][C@H](COC(=O)c1ccc(C)cc1)[C@H](OC(=O)c1ccc(C)cc1)[C@@H](C=O)OC(=O)c1ccc(C)cc1. The average Bonchev–Trinajstić information content (AvgIpc) is 2.90. The molecule has 0 bridgehead atoms. The molecule has 0 aliphatic carbocycles. The fourth-order valence-electron chi connectivity index (χ4n) is 3.37. The maximum Gasteiger partial charge on any atom is 0.338 e. The molecule has 188 valence electrons. The Balaban J connectivity index is 1.78. The van der Waals surface area contributed by atoms with Gasteiger partial charge in [0.25, 0.3) is 0 Å². The molecule has 3 aromatic carbocycles. The van der Waals surface area contributed by atoms with E-state index in [2.05, 4.69) is 0 Å². The lowest BCUT2D eigenvalue weighted by atomic mass is 9.80. The van der Waals surface area contributed by atoms with Gasteiger partial charge in [0, 0.05) is 0 Å². The maximum atomic E-state index is 12.8. The molecule has 3 atom stereocenters. The molecule has 0 saturated heterocycles. The summed E-state index contributed by atoms with van der Waals surface area (Å²) in [6, 6.07) is 19.9. The van der Waals surface area contributed by atoms with Crippen LogP contribution in [0.25, 0.3) is 0 Å². The first-order valence-electron chi connectivity index (χ1n) is 11.7. The first kappa shape index (κ1) is 27.4. The van der Waals surface area contributed by atoms with E-state index in [-0.39, 0.29) is 11.1 Å². The highest BCUT2D eigenvalue weighted by molar-refractivity contribution is 6.12. The van der Waals surface area contributed by atoms with Crippen molar-refractivity contribution in [2.24, 2.45) is 0 Å². The van der Waals surface area contributed by atoms with Crippen LogP contribution in [-0.4, -0.2) is 50.9 Å². The van der Waals surface area contributed by atoms with Crippen molar-refractivity contribution in [2.75, 3.05) is 6.61 Å². The monoisotopic (exact) mass is 498 g/mol. The molecule has 8 heteroatoms. The number of esters is 3. The van der Waals surface area contributed by atoms with Gasteiger partial charge < -0.3 is 14.2 Å². The zero-order valence-electron chi connectivity index (χ0n) is 20.9. The highest BCUT2D eigenvalue weighted by Crippen LogP contribution is 2.21. The highest BCUT2D eigenvalue weighted by atomic mass is 16.6. The Bertz CT molecular complexity index is 1230. The summed E-state index contributed by atoms with van der Waals surface area (Å²) < 4.78 is 16.2. The van der Waals surface area contributed by atoms with Crippen molar-refractivity contribution in [2.45, 2.75) is 38.8 Å². The molecule has 37 heavy (non-hydrogen) atoms. The Labute approximate surface area is 217 Å². The van der Waals surface area contributed by atoms with Gasteiger partial charge in [-0.05, 0) is 63.0 Å². The summed E-state index contributed by atoms with van der Waals surface area (Å²) in [7, 11) is 6.23.